The number of hydrogen-bond donors (Lipinski definition) is 0. The van der Waals surface area contributed by atoms with E-state index in [1.54, 1.807) is 23.9 Å². The molecule has 0 aliphatic carbocycles. The molecule has 2 rings (SSSR count). The van der Waals surface area contributed by atoms with E-state index in [0.717, 1.165) is 0 Å². The van der Waals surface area contributed by atoms with E-state index in [0.29, 0.717) is 0 Å². The summed E-state index contributed by atoms with van der Waals surface area (Å²) in [6.07, 6.45) is 0. The minimum atomic E-state index is -6.81. The maximum absolute atomic E-state index is 14.2. The van der Waals surface area contributed by atoms with Gasteiger partial charge in [0.05, 0.1) is 0 Å². The van der Waals surface area contributed by atoms with Gasteiger partial charge < -0.3 is 19.6 Å². The van der Waals surface area contributed by atoms with Crippen LogP contribution in [0, 0.1) is 0 Å². The summed E-state index contributed by atoms with van der Waals surface area (Å²) in [7, 11) is 3.10. The highest BCUT2D eigenvalue weighted by molar-refractivity contribution is 5.87. The molecule has 6 nitrogen and oxygen atoms in total. The lowest BCUT2D eigenvalue weighted by atomic mass is 9.96. The van der Waals surface area contributed by atoms with Crippen molar-refractivity contribution in [3.63, 3.8) is 0 Å². The second-order valence-electron chi connectivity index (χ2n) is 7.49. The number of rotatable bonds is 5. The molecule has 0 N–H and O–H groups in total. The van der Waals surface area contributed by atoms with Crippen LogP contribution in [0.1, 0.15) is 0 Å². The standard InChI is InChI=1S/C16H22F8N4O2/c1-25-3-7-27(8-4-25)11(29)13(17,18)15(21,22)16(23,24)14(19,20)12(30)28-9-5-26(2)6-10-28/h3-10H2,1-2H3. The average molecular weight is 454 g/mol. The number of piperazine rings is 2. The van der Waals surface area contributed by atoms with Crippen molar-refractivity contribution in [2.45, 2.75) is 23.7 Å². The van der Waals surface area contributed by atoms with Crippen LogP contribution in [0.15, 0.2) is 0 Å². The van der Waals surface area contributed by atoms with Gasteiger partial charge in [0, 0.05) is 52.4 Å². The van der Waals surface area contributed by atoms with Crippen LogP contribution in [-0.2, 0) is 9.59 Å². The Morgan fingerprint density at radius 1 is 0.533 bits per heavy atom. The number of halogens is 8. The molecule has 2 amide bonds. The molecule has 0 unspecified atom stereocenters. The molecule has 2 aliphatic rings. The zero-order valence-corrected chi connectivity index (χ0v) is 16.3. The molecule has 0 aromatic heterocycles. The van der Waals surface area contributed by atoms with Crippen LogP contribution in [0.2, 0.25) is 0 Å². The molecule has 0 aromatic carbocycles. The summed E-state index contributed by atoms with van der Waals surface area (Å²) in [5.74, 6) is -31.3. The van der Waals surface area contributed by atoms with Gasteiger partial charge in [-0.3, -0.25) is 9.59 Å². The molecule has 0 bridgehead atoms. The molecule has 174 valence electrons. The Bertz CT molecular complexity index is 604. The van der Waals surface area contributed by atoms with E-state index in [-0.39, 0.29) is 36.0 Å². The summed E-state index contributed by atoms with van der Waals surface area (Å²) in [4.78, 5) is 27.3. The van der Waals surface area contributed by atoms with Crippen molar-refractivity contribution in [2.75, 3.05) is 66.5 Å². The summed E-state index contributed by atoms with van der Waals surface area (Å²) in [5, 5.41) is 0. The maximum Gasteiger partial charge on any atom is 0.392 e. The van der Waals surface area contributed by atoms with Crippen LogP contribution in [0.3, 0.4) is 0 Å². The van der Waals surface area contributed by atoms with Gasteiger partial charge >= 0.3 is 23.7 Å². The molecule has 0 saturated carbocycles. The lowest BCUT2D eigenvalue weighted by molar-refractivity contribution is -0.350. The van der Waals surface area contributed by atoms with Crippen LogP contribution in [-0.4, -0.2) is 122 Å². The lowest BCUT2D eigenvalue weighted by Crippen LogP contribution is -2.70. The third kappa shape index (κ3) is 3.95. The fraction of sp³-hybridized carbons (Fsp3) is 0.875. The number of carbonyl (C=O) groups is 2. The average Bonchev–Trinajstić information content (AvgIpc) is 2.67. The lowest BCUT2D eigenvalue weighted by Gasteiger charge is -2.41. The smallest absolute Gasteiger partial charge is 0.335 e. The monoisotopic (exact) mass is 454 g/mol. The molecule has 0 aromatic rings. The Labute approximate surface area is 167 Å². The van der Waals surface area contributed by atoms with Crippen molar-refractivity contribution < 1.29 is 44.7 Å². The quantitative estimate of drug-likeness (QED) is 0.584. The van der Waals surface area contributed by atoms with E-state index in [1.807, 2.05) is 0 Å². The molecule has 2 heterocycles. The van der Waals surface area contributed by atoms with Crippen molar-refractivity contribution in [3.05, 3.63) is 0 Å². The van der Waals surface area contributed by atoms with Gasteiger partial charge in [-0.25, -0.2) is 0 Å². The molecule has 2 aliphatic heterocycles. The van der Waals surface area contributed by atoms with E-state index in [1.165, 1.54) is 0 Å². The Kier molecular flexibility index (Phi) is 6.63. The highest BCUT2D eigenvalue weighted by Crippen LogP contribution is 2.53. The van der Waals surface area contributed by atoms with E-state index < -0.39 is 61.7 Å². The second-order valence-corrected chi connectivity index (χ2v) is 7.49. The maximum atomic E-state index is 14.2. The molecular weight excluding hydrogens is 432 g/mol. The SMILES string of the molecule is CN1CCN(C(=O)C(F)(F)C(F)(F)C(F)(F)C(F)(F)C(=O)N2CCN(C)CC2)CC1. The predicted octanol–water partition coefficient (Wildman–Crippen LogP) is 1.08. The number of carbonyl (C=O) groups excluding carboxylic acids is 2. The van der Waals surface area contributed by atoms with E-state index >= 15 is 0 Å². The van der Waals surface area contributed by atoms with Crippen LogP contribution in [0.4, 0.5) is 35.1 Å². The Hall–Kier alpha value is -1.70. The zero-order chi connectivity index (χ0) is 23.1. The van der Waals surface area contributed by atoms with Crippen molar-refractivity contribution in [3.8, 4) is 0 Å². The highest BCUT2D eigenvalue weighted by Gasteiger charge is 2.85. The number of amides is 2. The van der Waals surface area contributed by atoms with Gasteiger partial charge in [0.1, 0.15) is 0 Å². The summed E-state index contributed by atoms with van der Waals surface area (Å²) in [6.45, 7) is -1.87. The van der Waals surface area contributed by atoms with Crippen molar-refractivity contribution in [1.82, 2.24) is 19.6 Å². The van der Waals surface area contributed by atoms with Crippen LogP contribution in [0.25, 0.3) is 0 Å². The zero-order valence-electron chi connectivity index (χ0n) is 16.3. The molecule has 2 fully saturated rings. The summed E-state index contributed by atoms with van der Waals surface area (Å²) in [5.41, 5.74) is 0. The molecule has 0 spiro atoms. The summed E-state index contributed by atoms with van der Waals surface area (Å²) >= 11 is 0. The summed E-state index contributed by atoms with van der Waals surface area (Å²) in [6, 6.07) is 0. The van der Waals surface area contributed by atoms with Gasteiger partial charge in [-0.15, -0.1) is 0 Å². The molecule has 0 atom stereocenters. The van der Waals surface area contributed by atoms with Gasteiger partial charge in [-0.2, -0.15) is 35.1 Å². The minimum absolute atomic E-state index is 0.00182. The summed E-state index contributed by atoms with van der Waals surface area (Å²) < 4.78 is 113. The van der Waals surface area contributed by atoms with Gasteiger partial charge in [0.15, 0.2) is 0 Å². The molecule has 30 heavy (non-hydrogen) atoms. The fourth-order valence-corrected chi connectivity index (χ4v) is 3.08. The van der Waals surface area contributed by atoms with Crippen LogP contribution in [0.5, 0.6) is 0 Å². The predicted molar refractivity (Wildman–Crippen MR) is 87.9 cm³/mol. The van der Waals surface area contributed by atoms with Crippen LogP contribution < -0.4 is 0 Å². The number of likely N-dealkylation sites (N-methyl/N-ethyl adjacent to an activating group) is 2. The molecule has 2 saturated heterocycles. The largest absolute Gasteiger partial charge is 0.392 e. The van der Waals surface area contributed by atoms with E-state index in [9.17, 15) is 44.7 Å². The first-order chi connectivity index (χ1) is 13.6. The normalized spacial score (nSPS) is 21.1. The van der Waals surface area contributed by atoms with Crippen molar-refractivity contribution in [1.29, 1.82) is 0 Å². The van der Waals surface area contributed by atoms with Crippen molar-refractivity contribution in [2.24, 2.45) is 0 Å². The topological polar surface area (TPSA) is 47.1 Å². The number of nitrogens with zero attached hydrogens (tertiary/aromatic N) is 4. The first kappa shape index (κ1) is 24.6. The third-order valence-corrected chi connectivity index (χ3v) is 5.30. The Morgan fingerprint density at radius 2 is 0.767 bits per heavy atom. The van der Waals surface area contributed by atoms with Gasteiger partial charge in [-0.1, -0.05) is 0 Å². The third-order valence-electron chi connectivity index (χ3n) is 5.30. The molecule has 14 heteroatoms. The fourth-order valence-electron chi connectivity index (χ4n) is 3.08. The van der Waals surface area contributed by atoms with Gasteiger partial charge in [-0.05, 0) is 14.1 Å². The van der Waals surface area contributed by atoms with E-state index in [4.69, 9.17) is 0 Å². The molecule has 0 radical (unpaired) electrons. The van der Waals surface area contributed by atoms with Crippen molar-refractivity contribution >= 4 is 11.8 Å². The Morgan fingerprint density at radius 3 is 1.00 bits per heavy atom. The van der Waals surface area contributed by atoms with Gasteiger partial charge in [0.2, 0.25) is 0 Å². The first-order valence-corrected chi connectivity index (χ1v) is 9.04. The second kappa shape index (κ2) is 8.09. The van der Waals surface area contributed by atoms with Crippen LogP contribution >= 0.6 is 0 Å². The minimum Gasteiger partial charge on any atom is -0.335 e. The Balaban J connectivity index is 2.27. The number of hydrogen-bond acceptors (Lipinski definition) is 4. The number of alkyl halides is 8. The van der Waals surface area contributed by atoms with E-state index in [2.05, 4.69) is 0 Å². The van der Waals surface area contributed by atoms with Gasteiger partial charge in [0.25, 0.3) is 11.8 Å². The molecular formula is C16H22F8N4O2. The highest BCUT2D eigenvalue weighted by atomic mass is 19.4. The first-order valence-electron chi connectivity index (χ1n) is 9.04.